The topological polar surface area (TPSA) is 60.0 Å². The van der Waals surface area contributed by atoms with Crippen LogP contribution >= 0.6 is 11.3 Å². The van der Waals surface area contributed by atoms with Gasteiger partial charge in [0.05, 0.1) is 12.0 Å². The van der Waals surface area contributed by atoms with Gasteiger partial charge in [0.1, 0.15) is 17.0 Å². The summed E-state index contributed by atoms with van der Waals surface area (Å²) >= 11 is 1.67. The van der Waals surface area contributed by atoms with Crippen molar-refractivity contribution in [3.63, 3.8) is 0 Å². The van der Waals surface area contributed by atoms with E-state index in [-0.39, 0.29) is 6.79 Å². The largest absolute Gasteiger partial charge is 0.454 e. The van der Waals surface area contributed by atoms with Gasteiger partial charge in [0.15, 0.2) is 11.5 Å². The van der Waals surface area contributed by atoms with Crippen LogP contribution in [0.15, 0.2) is 29.9 Å². The second-order valence-corrected chi connectivity index (χ2v) is 10.0. The Balaban J connectivity index is 1.13. The first kappa shape index (κ1) is 21.1. The summed E-state index contributed by atoms with van der Waals surface area (Å²) < 4.78 is 17.1. The van der Waals surface area contributed by atoms with Crippen molar-refractivity contribution < 1.29 is 14.2 Å². The molecule has 174 valence electrons. The van der Waals surface area contributed by atoms with Crippen molar-refractivity contribution in [2.24, 2.45) is 5.92 Å². The standard InChI is InChI=1S/C25H30N4O3S/c1-2-8-28(7-1)11-12-30-14-18-5-9-29(10-6-18)24-23-20(15-33-25(23)27-16-26-24)19-3-4-21-22(13-19)32-17-31-21/h3-4,13,15-16,18H,1-2,5-12,14,17H2. The van der Waals surface area contributed by atoms with E-state index in [1.165, 1.54) is 25.9 Å². The van der Waals surface area contributed by atoms with E-state index in [0.717, 1.165) is 84.4 Å². The summed E-state index contributed by atoms with van der Waals surface area (Å²) in [5.41, 5.74) is 2.28. The summed E-state index contributed by atoms with van der Waals surface area (Å²) in [6, 6.07) is 6.14. The smallest absolute Gasteiger partial charge is 0.231 e. The highest BCUT2D eigenvalue weighted by atomic mass is 32.1. The summed E-state index contributed by atoms with van der Waals surface area (Å²) in [7, 11) is 0. The van der Waals surface area contributed by atoms with Gasteiger partial charge in [-0.1, -0.05) is 6.07 Å². The predicted octanol–water partition coefficient (Wildman–Crippen LogP) is 4.42. The quantitative estimate of drug-likeness (QED) is 0.478. The number of aromatic nitrogens is 2. The minimum atomic E-state index is 0.286. The van der Waals surface area contributed by atoms with E-state index < -0.39 is 0 Å². The highest BCUT2D eigenvalue weighted by Gasteiger charge is 2.24. The van der Waals surface area contributed by atoms with Gasteiger partial charge in [0, 0.05) is 37.2 Å². The summed E-state index contributed by atoms with van der Waals surface area (Å²) in [5, 5.41) is 3.32. The van der Waals surface area contributed by atoms with E-state index in [4.69, 9.17) is 19.2 Å². The van der Waals surface area contributed by atoms with Crippen molar-refractivity contribution in [1.82, 2.24) is 14.9 Å². The van der Waals surface area contributed by atoms with Gasteiger partial charge >= 0.3 is 0 Å². The van der Waals surface area contributed by atoms with E-state index in [1.807, 2.05) is 6.07 Å². The average molecular weight is 467 g/mol. The van der Waals surface area contributed by atoms with Crippen LogP contribution in [0.25, 0.3) is 21.3 Å². The third-order valence-corrected chi connectivity index (χ3v) is 7.94. The molecule has 33 heavy (non-hydrogen) atoms. The average Bonchev–Trinajstić information content (AvgIpc) is 3.62. The zero-order valence-corrected chi connectivity index (χ0v) is 19.7. The Labute approximate surface area is 198 Å². The summed E-state index contributed by atoms with van der Waals surface area (Å²) in [6.45, 7) is 7.60. The van der Waals surface area contributed by atoms with Crippen LogP contribution in [0.1, 0.15) is 25.7 Å². The second-order valence-electron chi connectivity index (χ2n) is 9.15. The zero-order valence-electron chi connectivity index (χ0n) is 18.9. The van der Waals surface area contributed by atoms with Crippen LogP contribution in [0.5, 0.6) is 11.5 Å². The van der Waals surface area contributed by atoms with Crippen LogP contribution in [0.4, 0.5) is 5.82 Å². The monoisotopic (exact) mass is 466 g/mol. The van der Waals surface area contributed by atoms with Crippen molar-refractivity contribution >= 4 is 27.4 Å². The number of rotatable bonds is 7. The van der Waals surface area contributed by atoms with Crippen molar-refractivity contribution in [2.45, 2.75) is 25.7 Å². The molecule has 0 spiro atoms. The van der Waals surface area contributed by atoms with Crippen LogP contribution in [0.2, 0.25) is 0 Å². The Morgan fingerprint density at radius 2 is 1.88 bits per heavy atom. The van der Waals surface area contributed by atoms with E-state index in [2.05, 4.69) is 32.3 Å². The lowest BCUT2D eigenvalue weighted by molar-refractivity contribution is 0.0753. The first-order chi connectivity index (χ1) is 16.3. The number of nitrogens with zero attached hydrogens (tertiary/aromatic N) is 4. The number of thiophene rings is 1. The summed E-state index contributed by atoms with van der Waals surface area (Å²) in [6.07, 6.45) is 6.66. The second kappa shape index (κ2) is 9.44. The fraction of sp³-hybridized carbons (Fsp3) is 0.520. The SMILES string of the molecule is c1nc(N2CCC(COCCN3CCCC3)CC2)c2c(-c3ccc4c(c3)OCO4)csc2n1. The molecule has 0 aliphatic carbocycles. The lowest BCUT2D eigenvalue weighted by atomic mass is 9.97. The zero-order chi connectivity index (χ0) is 22.0. The van der Waals surface area contributed by atoms with Gasteiger partial charge < -0.3 is 24.0 Å². The van der Waals surface area contributed by atoms with Crippen molar-refractivity contribution in [3.8, 4) is 22.6 Å². The Morgan fingerprint density at radius 1 is 1.03 bits per heavy atom. The number of piperidine rings is 1. The molecule has 0 unspecified atom stereocenters. The summed E-state index contributed by atoms with van der Waals surface area (Å²) in [4.78, 5) is 15.3. The molecule has 0 radical (unpaired) electrons. The lowest BCUT2D eigenvalue weighted by Gasteiger charge is -2.33. The molecule has 6 rings (SSSR count). The maximum absolute atomic E-state index is 6.04. The molecule has 2 aromatic heterocycles. The fourth-order valence-corrected chi connectivity index (χ4v) is 6.05. The number of fused-ring (bicyclic) bond motifs is 2. The van der Waals surface area contributed by atoms with Gasteiger partial charge in [-0.25, -0.2) is 9.97 Å². The summed E-state index contributed by atoms with van der Waals surface area (Å²) in [5.74, 6) is 3.28. The minimum Gasteiger partial charge on any atom is -0.454 e. The van der Waals surface area contributed by atoms with Gasteiger partial charge in [0.25, 0.3) is 0 Å². The van der Waals surface area contributed by atoms with Crippen molar-refractivity contribution in [3.05, 3.63) is 29.9 Å². The Bertz CT molecular complexity index is 1110. The number of hydrogen-bond acceptors (Lipinski definition) is 8. The van der Waals surface area contributed by atoms with Crippen LogP contribution < -0.4 is 14.4 Å². The van der Waals surface area contributed by atoms with Gasteiger partial charge in [-0.05, 0) is 62.4 Å². The first-order valence-electron chi connectivity index (χ1n) is 12.0. The highest BCUT2D eigenvalue weighted by Crippen LogP contribution is 2.42. The van der Waals surface area contributed by atoms with Crippen molar-refractivity contribution in [2.75, 3.05) is 57.6 Å². The Kier molecular flexibility index (Phi) is 6.05. The van der Waals surface area contributed by atoms with Gasteiger partial charge in [-0.2, -0.15) is 0 Å². The molecular weight excluding hydrogens is 436 g/mol. The molecule has 5 heterocycles. The predicted molar refractivity (Wildman–Crippen MR) is 130 cm³/mol. The molecule has 3 aliphatic rings. The Morgan fingerprint density at radius 3 is 2.76 bits per heavy atom. The molecule has 0 amide bonds. The van der Waals surface area contributed by atoms with Crippen LogP contribution in [-0.2, 0) is 4.74 Å². The molecular formula is C25H30N4O3S. The molecule has 0 bridgehead atoms. The van der Waals surface area contributed by atoms with E-state index in [9.17, 15) is 0 Å². The lowest BCUT2D eigenvalue weighted by Crippen LogP contribution is -2.36. The molecule has 3 aromatic rings. The molecule has 0 atom stereocenters. The number of likely N-dealkylation sites (tertiary alicyclic amines) is 1. The third kappa shape index (κ3) is 4.39. The maximum Gasteiger partial charge on any atom is 0.231 e. The maximum atomic E-state index is 6.04. The van der Waals surface area contributed by atoms with E-state index >= 15 is 0 Å². The highest BCUT2D eigenvalue weighted by molar-refractivity contribution is 7.17. The molecule has 7 nitrogen and oxygen atoms in total. The van der Waals surface area contributed by atoms with Crippen molar-refractivity contribution in [1.29, 1.82) is 0 Å². The molecule has 8 heteroatoms. The third-order valence-electron chi connectivity index (χ3n) is 7.05. The van der Waals surface area contributed by atoms with E-state index in [1.54, 1.807) is 17.7 Å². The van der Waals surface area contributed by atoms with Crippen LogP contribution in [-0.4, -0.2) is 67.6 Å². The van der Waals surface area contributed by atoms with Gasteiger partial charge in [-0.3, -0.25) is 0 Å². The van der Waals surface area contributed by atoms with Crippen LogP contribution in [0, 0.1) is 5.92 Å². The minimum absolute atomic E-state index is 0.286. The van der Waals surface area contributed by atoms with Gasteiger partial charge in [0.2, 0.25) is 6.79 Å². The number of benzene rings is 1. The number of ether oxygens (including phenoxy) is 3. The number of hydrogen-bond donors (Lipinski definition) is 0. The normalized spacial score (nSPS) is 19.1. The number of anilines is 1. The molecule has 1 aromatic carbocycles. The van der Waals surface area contributed by atoms with E-state index in [0.29, 0.717) is 5.92 Å². The first-order valence-corrected chi connectivity index (χ1v) is 12.9. The molecule has 3 aliphatic heterocycles. The molecule has 0 saturated carbocycles. The molecule has 2 saturated heterocycles. The molecule has 0 N–H and O–H groups in total. The fourth-order valence-electron chi connectivity index (χ4n) is 5.14. The van der Waals surface area contributed by atoms with Crippen LogP contribution in [0.3, 0.4) is 0 Å². The van der Waals surface area contributed by atoms with Gasteiger partial charge in [-0.15, -0.1) is 11.3 Å². The molecule has 2 fully saturated rings. The Hall–Kier alpha value is -2.42.